The average molecular weight is 260 g/mol. The van der Waals surface area contributed by atoms with E-state index in [1.54, 1.807) is 6.92 Å². The molecule has 1 rings (SSSR count). The third-order valence-corrected chi connectivity index (χ3v) is 4.26. The van der Waals surface area contributed by atoms with Crippen molar-refractivity contribution in [1.82, 2.24) is 4.72 Å². The average Bonchev–Trinajstić information content (AvgIpc) is 2.15. The number of nitrogens with one attached hydrogen (secondary N) is 1. The minimum absolute atomic E-state index is 0.0894. The zero-order valence-corrected chi connectivity index (χ0v) is 10.9. The number of halogens is 1. The highest BCUT2D eigenvalue weighted by Crippen LogP contribution is 2.22. The summed E-state index contributed by atoms with van der Waals surface area (Å²) in [6.45, 7) is 5.47. The lowest BCUT2D eigenvalue weighted by molar-refractivity contribution is 0.473. The van der Waals surface area contributed by atoms with E-state index in [9.17, 15) is 12.8 Å². The van der Waals surface area contributed by atoms with Crippen LogP contribution >= 0.6 is 0 Å². The van der Waals surface area contributed by atoms with Crippen molar-refractivity contribution in [3.63, 3.8) is 0 Å². The van der Waals surface area contributed by atoms with Crippen LogP contribution in [0.1, 0.15) is 20.8 Å². The van der Waals surface area contributed by atoms with E-state index in [-0.39, 0.29) is 17.6 Å². The smallest absolute Gasteiger partial charge is 0.245 e. The van der Waals surface area contributed by atoms with E-state index in [2.05, 4.69) is 4.72 Å². The monoisotopic (exact) mass is 260 g/mol. The Bertz CT molecular complexity index is 480. The van der Waals surface area contributed by atoms with Crippen LogP contribution in [-0.4, -0.2) is 14.5 Å². The van der Waals surface area contributed by atoms with Crippen LogP contribution < -0.4 is 10.5 Å². The molecule has 0 spiro atoms. The van der Waals surface area contributed by atoms with Gasteiger partial charge in [-0.05, 0) is 25.0 Å². The Balaban J connectivity index is 3.14. The van der Waals surface area contributed by atoms with Crippen LogP contribution in [0.25, 0.3) is 0 Å². The molecule has 0 amide bonds. The first kappa shape index (κ1) is 13.9. The molecule has 1 atom stereocenters. The van der Waals surface area contributed by atoms with Gasteiger partial charge in [-0.25, -0.2) is 17.5 Å². The predicted octanol–water partition coefficient (Wildman–Crippen LogP) is 1.73. The molecule has 0 saturated heterocycles. The minimum Gasteiger partial charge on any atom is -0.398 e. The SMILES string of the molecule is CC(C)C(C)NS(=O)(=O)c1c(N)cccc1F. The highest BCUT2D eigenvalue weighted by molar-refractivity contribution is 7.89. The quantitative estimate of drug-likeness (QED) is 0.810. The standard InChI is InChI=1S/C11H17FN2O2S/c1-7(2)8(3)14-17(15,16)11-9(12)5-4-6-10(11)13/h4-8,14H,13H2,1-3H3. The molecule has 0 aliphatic heterocycles. The highest BCUT2D eigenvalue weighted by atomic mass is 32.2. The second-order valence-corrected chi connectivity index (χ2v) is 5.96. The van der Waals surface area contributed by atoms with Crippen LogP contribution in [0.5, 0.6) is 0 Å². The first-order chi connectivity index (χ1) is 7.75. The van der Waals surface area contributed by atoms with Crippen LogP contribution in [0.2, 0.25) is 0 Å². The molecule has 3 N–H and O–H groups in total. The van der Waals surface area contributed by atoms with Gasteiger partial charge in [0.15, 0.2) is 0 Å². The Hall–Kier alpha value is -1.14. The summed E-state index contributed by atoms with van der Waals surface area (Å²) in [7, 11) is -3.92. The number of nitrogen functional groups attached to an aromatic ring is 1. The normalized spacial score (nSPS) is 13.9. The molecule has 0 fully saturated rings. The molecule has 1 aromatic rings. The van der Waals surface area contributed by atoms with E-state index in [4.69, 9.17) is 5.73 Å². The van der Waals surface area contributed by atoms with Crippen molar-refractivity contribution < 1.29 is 12.8 Å². The first-order valence-electron chi connectivity index (χ1n) is 5.32. The van der Waals surface area contributed by atoms with E-state index < -0.39 is 20.7 Å². The van der Waals surface area contributed by atoms with Crippen molar-refractivity contribution in [1.29, 1.82) is 0 Å². The van der Waals surface area contributed by atoms with E-state index >= 15 is 0 Å². The molecule has 6 heteroatoms. The summed E-state index contributed by atoms with van der Waals surface area (Å²) in [6, 6.07) is 3.51. The van der Waals surface area contributed by atoms with Gasteiger partial charge in [-0.1, -0.05) is 19.9 Å². The maximum absolute atomic E-state index is 13.5. The number of rotatable bonds is 4. The fourth-order valence-electron chi connectivity index (χ4n) is 1.25. The maximum atomic E-state index is 13.5. The van der Waals surface area contributed by atoms with Gasteiger partial charge in [-0.2, -0.15) is 0 Å². The molecule has 0 heterocycles. The number of sulfonamides is 1. The van der Waals surface area contributed by atoms with Crippen LogP contribution in [0, 0.1) is 11.7 Å². The fraction of sp³-hybridized carbons (Fsp3) is 0.455. The molecule has 96 valence electrons. The van der Waals surface area contributed by atoms with Gasteiger partial charge in [0.2, 0.25) is 10.0 Å². The van der Waals surface area contributed by atoms with Gasteiger partial charge in [0.1, 0.15) is 10.7 Å². The largest absolute Gasteiger partial charge is 0.398 e. The van der Waals surface area contributed by atoms with Crippen molar-refractivity contribution >= 4 is 15.7 Å². The summed E-state index contributed by atoms with van der Waals surface area (Å²) in [5.41, 5.74) is 5.41. The molecule has 1 unspecified atom stereocenters. The second kappa shape index (κ2) is 5.01. The third-order valence-electron chi connectivity index (χ3n) is 2.61. The van der Waals surface area contributed by atoms with Gasteiger partial charge < -0.3 is 5.73 Å². The topological polar surface area (TPSA) is 72.2 Å². The molecule has 0 aromatic heterocycles. The van der Waals surface area contributed by atoms with Crippen molar-refractivity contribution in [3.8, 4) is 0 Å². The zero-order valence-electron chi connectivity index (χ0n) is 10.1. The number of hydrogen-bond acceptors (Lipinski definition) is 3. The Morgan fingerprint density at radius 3 is 2.35 bits per heavy atom. The van der Waals surface area contributed by atoms with Gasteiger partial charge in [-0.3, -0.25) is 0 Å². The molecule has 0 saturated carbocycles. The summed E-state index contributed by atoms with van der Waals surface area (Å²) in [5, 5.41) is 0. The fourth-order valence-corrected chi connectivity index (χ4v) is 2.83. The predicted molar refractivity (Wildman–Crippen MR) is 65.4 cm³/mol. The maximum Gasteiger partial charge on any atom is 0.245 e. The molecule has 0 bridgehead atoms. The second-order valence-electron chi connectivity index (χ2n) is 4.31. The molecule has 4 nitrogen and oxygen atoms in total. The number of hydrogen-bond donors (Lipinski definition) is 2. The summed E-state index contributed by atoms with van der Waals surface area (Å²) >= 11 is 0. The van der Waals surface area contributed by atoms with E-state index in [0.29, 0.717) is 0 Å². The lowest BCUT2D eigenvalue weighted by atomic mass is 10.1. The molecule has 0 aliphatic rings. The molecule has 1 aromatic carbocycles. The first-order valence-corrected chi connectivity index (χ1v) is 6.80. The van der Waals surface area contributed by atoms with Crippen LogP contribution in [-0.2, 0) is 10.0 Å². The van der Waals surface area contributed by atoms with Crippen LogP contribution in [0.15, 0.2) is 23.1 Å². The van der Waals surface area contributed by atoms with Crippen molar-refractivity contribution in [2.24, 2.45) is 5.92 Å². The van der Waals surface area contributed by atoms with E-state index in [1.807, 2.05) is 13.8 Å². The number of benzene rings is 1. The molecular weight excluding hydrogens is 243 g/mol. The third kappa shape index (κ3) is 3.17. The van der Waals surface area contributed by atoms with E-state index in [1.165, 1.54) is 12.1 Å². The van der Waals surface area contributed by atoms with E-state index in [0.717, 1.165) is 6.07 Å². The van der Waals surface area contributed by atoms with Crippen LogP contribution in [0.3, 0.4) is 0 Å². The minimum atomic E-state index is -3.92. The lowest BCUT2D eigenvalue weighted by Gasteiger charge is -2.18. The Kier molecular flexibility index (Phi) is 4.11. The van der Waals surface area contributed by atoms with Crippen molar-refractivity contribution in [3.05, 3.63) is 24.0 Å². The Labute approximate surface area is 101 Å². The Morgan fingerprint density at radius 1 is 1.29 bits per heavy atom. The van der Waals surface area contributed by atoms with Gasteiger partial charge in [0.05, 0.1) is 5.69 Å². The summed E-state index contributed by atoms with van der Waals surface area (Å²) in [5.74, 6) is -0.730. The molecule has 0 radical (unpaired) electrons. The summed E-state index contributed by atoms with van der Waals surface area (Å²) in [6.07, 6.45) is 0. The summed E-state index contributed by atoms with van der Waals surface area (Å²) < 4.78 is 39.8. The van der Waals surface area contributed by atoms with Crippen LogP contribution in [0.4, 0.5) is 10.1 Å². The van der Waals surface area contributed by atoms with Gasteiger partial charge in [0, 0.05) is 6.04 Å². The van der Waals surface area contributed by atoms with Crippen molar-refractivity contribution in [2.45, 2.75) is 31.7 Å². The number of nitrogens with two attached hydrogens (primary N) is 1. The zero-order chi connectivity index (χ0) is 13.2. The molecule has 0 aliphatic carbocycles. The molecule has 17 heavy (non-hydrogen) atoms. The van der Waals surface area contributed by atoms with Gasteiger partial charge in [-0.15, -0.1) is 0 Å². The van der Waals surface area contributed by atoms with Crippen molar-refractivity contribution in [2.75, 3.05) is 5.73 Å². The highest BCUT2D eigenvalue weighted by Gasteiger charge is 2.24. The van der Waals surface area contributed by atoms with Gasteiger partial charge >= 0.3 is 0 Å². The van der Waals surface area contributed by atoms with Gasteiger partial charge in [0.25, 0.3) is 0 Å². The summed E-state index contributed by atoms with van der Waals surface area (Å²) in [4.78, 5) is -0.479. The number of anilines is 1. The lowest BCUT2D eigenvalue weighted by Crippen LogP contribution is -2.36. The Morgan fingerprint density at radius 2 is 1.88 bits per heavy atom. The molecular formula is C11H17FN2O2S.